The Balaban J connectivity index is 1.61. The molecule has 0 saturated carbocycles. The molecule has 4 aromatic rings. The van der Waals surface area contributed by atoms with E-state index in [2.05, 4.69) is 15.3 Å². The number of nitrogens with two attached hydrogens (primary N) is 1. The lowest BCUT2D eigenvalue weighted by Crippen LogP contribution is -2.51. The monoisotopic (exact) mass is 636 g/mol. The van der Waals surface area contributed by atoms with Crippen molar-refractivity contribution in [1.29, 1.82) is 0 Å². The zero-order valence-corrected chi connectivity index (χ0v) is 24.0. The van der Waals surface area contributed by atoms with Crippen molar-refractivity contribution in [2.24, 2.45) is 5.73 Å². The molecule has 224 valence electrons. The second-order valence-corrected chi connectivity index (χ2v) is 11.2. The number of ether oxygens (including phenoxy) is 1. The molecular formula is C29H22Cl2F4N4O4. The van der Waals surface area contributed by atoms with E-state index in [0.29, 0.717) is 10.9 Å². The Kier molecular flexibility index (Phi) is 7.52. The summed E-state index contributed by atoms with van der Waals surface area (Å²) in [6, 6.07) is 8.29. The molecule has 4 N–H and O–H groups in total. The van der Waals surface area contributed by atoms with Crippen molar-refractivity contribution in [2.45, 2.75) is 31.0 Å². The van der Waals surface area contributed by atoms with Crippen LogP contribution < -0.4 is 15.8 Å². The van der Waals surface area contributed by atoms with Crippen molar-refractivity contribution >= 4 is 45.9 Å². The van der Waals surface area contributed by atoms with E-state index in [1.165, 1.54) is 25.1 Å². The van der Waals surface area contributed by atoms with Gasteiger partial charge in [-0.1, -0.05) is 23.2 Å². The fourth-order valence-corrected chi connectivity index (χ4v) is 5.29. The highest BCUT2D eigenvalue weighted by Crippen LogP contribution is 2.48. The highest BCUT2D eigenvalue weighted by Gasteiger charge is 2.57. The number of carbonyl (C=O) groups is 2. The number of benzene rings is 2. The number of aryl methyl sites for hydroxylation is 1. The lowest BCUT2D eigenvalue weighted by molar-refractivity contribution is -0.265. The summed E-state index contributed by atoms with van der Waals surface area (Å²) >= 11 is 12.5. The third-order valence-corrected chi connectivity index (χ3v) is 7.94. The van der Waals surface area contributed by atoms with Crippen molar-refractivity contribution in [1.82, 2.24) is 15.3 Å². The van der Waals surface area contributed by atoms with Crippen molar-refractivity contribution in [3.63, 3.8) is 0 Å². The molecule has 0 aliphatic carbocycles. The molecule has 0 saturated heterocycles. The Bertz CT molecular complexity index is 1820. The van der Waals surface area contributed by atoms with Gasteiger partial charge in [-0.05, 0) is 61.9 Å². The van der Waals surface area contributed by atoms with Gasteiger partial charge in [0.15, 0.2) is 0 Å². The third kappa shape index (κ3) is 5.23. The van der Waals surface area contributed by atoms with E-state index < -0.39 is 47.1 Å². The van der Waals surface area contributed by atoms with Crippen LogP contribution >= 0.6 is 23.2 Å². The van der Waals surface area contributed by atoms with Gasteiger partial charge in [0.1, 0.15) is 29.3 Å². The molecule has 0 unspecified atom stereocenters. The van der Waals surface area contributed by atoms with E-state index in [0.717, 1.165) is 23.8 Å². The van der Waals surface area contributed by atoms with E-state index in [1.807, 2.05) is 0 Å². The fraction of sp³-hybridized carbons (Fsp3) is 0.241. The van der Waals surface area contributed by atoms with Crippen LogP contribution in [0.4, 0.5) is 17.6 Å². The summed E-state index contributed by atoms with van der Waals surface area (Å²) in [7, 11) is 0. The maximum atomic E-state index is 14.7. The van der Waals surface area contributed by atoms with Gasteiger partial charge in [0.05, 0.1) is 27.8 Å². The van der Waals surface area contributed by atoms with Gasteiger partial charge in [-0.15, -0.1) is 0 Å². The van der Waals surface area contributed by atoms with Crippen LogP contribution in [0.5, 0.6) is 5.75 Å². The van der Waals surface area contributed by atoms with Crippen molar-refractivity contribution in [3.05, 3.63) is 86.9 Å². The quantitative estimate of drug-likeness (QED) is 0.244. The molecular weight excluding hydrogens is 615 g/mol. The molecule has 14 heteroatoms. The summed E-state index contributed by atoms with van der Waals surface area (Å²) in [4.78, 5) is 33.7. The normalized spacial score (nSPS) is 17.7. The van der Waals surface area contributed by atoms with Crippen molar-refractivity contribution in [3.8, 4) is 17.0 Å². The van der Waals surface area contributed by atoms with Crippen LogP contribution in [0.25, 0.3) is 22.2 Å². The van der Waals surface area contributed by atoms with E-state index in [1.54, 1.807) is 19.2 Å². The summed E-state index contributed by atoms with van der Waals surface area (Å²) in [6.45, 7) is 1.40. The smallest absolute Gasteiger partial charge is 0.424 e. The maximum absolute atomic E-state index is 14.7. The minimum atomic E-state index is -5.39. The molecule has 3 heterocycles. The van der Waals surface area contributed by atoms with Crippen LogP contribution in [-0.2, 0) is 15.8 Å². The van der Waals surface area contributed by atoms with Gasteiger partial charge >= 0.3 is 6.18 Å². The SMILES string of the molecule is Cc1cnc2c(Cl)cc(C(=O)NC[C@](O)(c3cc4c(c(-c5ccc(F)cc5Cl)n3)OC[C@]4(C)C(N)=O)C(F)(F)F)cc2c1. The van der Waals surface area contributed by atoms with Crippen LogP contribution in [0, 0.1) is 12.7 Å². The second-order valence-electron chi connectivity index (χ2n) is 10.4. The molecule has 2 aromatic carbocycles. The predicted molar refractivity (Wildman–Crippen MR) is 150 cm³/mol. The summed E-state index contributed by atoms with van der Waals surface area (Å²) in [5.41, 5.74) is -0.134. The largest absolute Gasteiger partial charge is 0.489 e. The number of nitrogens with one attached hydrogen (secondary N) is 1. The average molecular weight is 637 g/mol. The van der Waals surface area contributed by atoms with E-state index in [9.17, 15) is 32.3 Å². The fourth-order valence-electron chi connectivity index (χ4n) is 4.76. The molecule has 0 bridgehead atoms. The molecule has 8 nitrogen and oxygen atoms in total. The highest BCUT2D eigenvalue weighted by molar-refractivity contribution is 6.35. The Hall–Kier alpha value is -4.00. The Morgan fingerprint density at radius 1 is 1.14 bits per heavy atom. The number of halogens is 6. The number of fused-ring (bicyclic) bond motifs is 2. The minimum absolute atomic E-state index is 0.0295. The number of nitrogens with zero attached hydrogens (tertiary/aromatic N) is 2. The number of pyridine rings is 2. The first-order chi connectivity index (χ1) is 20.0. The summed E-state index contributed by atoms with van der Waals surface area (Å²) in [6.07, 6.45) is -3.82. The zero-order chi connectivity index (χ0) is 31.5. The van der Waals surface area contributed by atoms with Crippen molar-refractivity contribution < 1.29 is 37.0 Å². The van der Waals surface area contributed by atoms with Crippen LogP contribution in [0.15, 0.2) is 48.7 Å². The van der Waals surface area contributed by atoms with Gasteiger partial charge in [0.25, 0.3) is 5.91 Å². The second kappa shape index (κ2) is 10.6. The number of primary amides is 1. The first kappa shape index (κ1) is 30.5. The standard InChI is InChI=1S/C29H22Cl2F4N4O4/c1-13-5-14-6-15(7-20(31)22(14)37-10-13)25(40)38-11-28(42,29(33,34)35)21-9-18-24(43-12-27(18,2)26(36)41)23(39-21)17-4-3-16(32)8-19(17)30/h3-10,42H,11-12H2,1-2H3,(H2,36,41)(H,38,40)/t27-,28-/m0/s1. The van der Waals surface area contributed by atoms with Gasteiger partial charge in [-0.2, -0.15) is 13.2 Å². The number of aliphatic hydroxyl groups is 1. The first-order valence-electron chi connectivity index (χ1n) is 12.6. The van der Waals surface area contributed by atoms with Gasteiger partial charge in [-0.3, -0.25) is 14.6 Å². The van der Waals surface area contributed by atoms with Crippen LogP contribution in [0.3, 0.4) is 0 Å². The van der Waals surface area contributed by atoms with E-state index >= 15 is 0 Å². The van der Waals surface area contributed by atoms with E-state index in [-0.39, 0.29) is 44.8 Å². The molecule has 2 aromatic heterocycles. The van der Waals surface area contributed by atoms with E-state index in [4.69, 9.17) is 33.7 Å². The topological polar surface area (TPSA) is 127 Å². The summed E-state index contributed by atoms with van der Waals surface area (Å²) < 4.78 is 63.4. The maximum Gasteiger partial charge on any atom is 0.424 e. The number of hydrogen-bond donors (Lipinski definition) is 3. The average Bonchev–Trinajstić information content (AvgIpc) is 3.28. The lowest BCUT2D eigenvalue weighted by atomic mass is 9.81. The number of hydrogen-bond acceptors (Lipinski definition) is 6. The molecule has 2 amide bonds. The molecule has 2 atom stereocenters. The van der Waals surface area contributed by atoms with Crippen LogP contribution in [-0.4, -0.2) is 46.2 Å². The lowest BCUT2D eigenvalue weighted by Gasteiger charge is -2.31. The minimum Gasteiger partial charge on any atom is -0.489 e. The molecule has 5 rings (SSSR count). The van der Waals surface area contributed by atoms with Crippen LogP contribution in [0.2, 0.25) is 10.0 Å². The van der Waals surface area contributed by atoms with Gasteiger partial charge in [0, 0.05) is 28.3 Å². The Morgan fingerprint density at radius 2 is 1.86 bits per heavy atom. The highest BCUT2D eigenvalue weighted by atomic mass is 35.5. The number of amides is 2. The first-order valence-corrected chi connectivity index (χ1v) is 13.4. The van der Waals surface area contributed by atoms with Gasteiger partial charge < -0.3 is 20.9 Å². The molecule has 0 spiro atoms. The van der Waals surface area contributed by atoms with Crippen molar-refractivity contribution in [2.75, 3.05) is 13.2 Å². The molecule has 0 radical (unpaired) electrons. The Labute approximate surface area is 251 Å². The summed E-state index contributed by atoms with van der Waals surface area (Å²) in [5, 5.41) is 13.7. The molecule has 1 aliphatic heterocycles. The van der Waals surface area contributed by atoms with Crippen LogP contribution in [0.1, 0.15) is 34.1 Å². The predicted octanol–water partition coefficient (Wildman–Crippen LogP) is 5.37. The number of alkyl halides is 3. The number of aromatic nitrogens is 2. The molecule has 1 aliphatic rings. The molecule has 43 heavy (non-hydrogen) atoms. The zero-order valence-electron chi connectivity index (χ0n) is 22.4. The summed E-state index contributed by atoms with van der Waals surface area (Å²) in [5.74, 6) is -2.72. The number of rotatable bonds is 6. The Morgan fingerprint density at radius 3 is 2.51 bits per heavy atom. The number of carbonyl (C=O) groups excluding carboxylic acids is 2. The van der Waals surface area contributed by atoms with Gasteiger partial charge in [-0.25, -0.2) is 9.37 Å². The molecule has 0 fully saturated rings. The third-order valence-electron chi connectivity index (χ3n) is 7.34. The van der Waals surface area contributed by atoms with Gasteiger partial charge in [0.2, 0.25) is 11.5 Å².